The van der Waals surface area contributed by atoms with Crippen molar-refractivity contribution in [3.63, 3.8) is 0 Å². The van der Waals surface area contributed by atoms with E-state index in [1.165, 1.54) is 29.6 Å². The van der Waals surface area contributed by atoms with E-state index in [1.807, 2.05) is 0 Å². The van der Waals surface area contributed by atoms with E-state index in [9.17, 15) is 14.0 Å². The summed E-state index contributed by atoms with van der Waals surface area (Å²) in [5.74, 6) is -1.83. The molecule has 1 heterocycles. The van der Waals surface area contributed by atoms with E-state index < -0.39 is 17.7 Å². The number of carboxylic acids is 1. The average molecular weight is 295 g/mol. The van der Waals surface area contributed by atoms with Crippen LogP contribution in [0.2, 0.25) is 0 Å². The number of aromatic carboxylic acids is 1. The van der Waals surface area contributed by atoms with Gasteiger partial charge in [0.25, 0.3) is 5.91 Å². The van der Waals surface area contributed by atoms with Crippen molar-refractivity contribution >= 4 is 28.9 Å². The number of amides is 1. The Morgan fingerprint density at radius 3 is 2.75 bits per heavy atom. The molecule has 0 fully saturated rings. The van der Waals surface area contributed by atoms with E-state index >= 15 is 0 Å². The molecule has 2 N–H and O–H groups in total. The predicted octanol–water partition coefficient (Wildman–Crippen LogP) is 2.60. The molecule has 1 amide bonds. The zero-order valence-electron chi connectivity index (χ0n) is 10.1. The van der Waals surface area contributed by atoms with Gasteiger partial charge in [-0.3, -0.25) is 4.79 Å². The van der Waals surface area contributed by atoms with Gasteiger partial charge in [-0.15, -0.1) is 11.3 Å². The zero-order chi connectivity index (χ0) is 14.5. The number of carboxylic acid groups (broad SMARTS) is 1. The molecule has 0 radical (unpaired) electrons. The summed E-state index contributed by atoms with van der Waals surface area (Å²) in [5.41, 5.74) is 0.0673. The van der Waals surface area contributed by atoms with Crippen molar-refractivity contribution in [1.82, 2.24) is 0 Å². The molecule has 0 unspecified atom stereocenters. The van der Waals surface area contributed by atoms with E-state index in [-0.39, 0.29) is 22.9 Å². The molecule has 0 bridgehead atoms. The lowest BCUT2D eigenvalue weighted by molar-refractivity contribution is -0.118. The van der Waals surface area contributed by atoms with Crippen LogP contribution in [0.1, 0.15) is 9.67 Å². The van der Waals surface area contributed by atoms with Crippen molar-refractivity contribution in [3.05, 3.63) is 46.4 Å². The number of benzene rings is 1. The number of carbonyl (C=O) groups is 2. The normalized spacial score (nSPS) is 10.1. The molecule has 7 heteroatoms. The lowest BCUT2D eigenvalue weighted by atomic mass is 10.3. The molecule has 1 aromatic heterocycles. The number of para-hydroxylation sites is 1. The molecule has 0 saturated heterocycles. The Balaban J connectivity index is 1.89. The number of halogens is 1. The quantitative estimate of drug-likeness (QED) is 0.889. The molecule has 5 nitrogen and oxygen atoms in total. The molecule has 2 rings (SSSR count). The Kier molecular flexibility index (Phi) is 4.31. The van der Waals surface area contributed by atoms with E-state index in [0.717, 1.165) is 11.3 Å². The molecule has 1 aromatic carbocycles. The van der Waals surface area contributed by atoms with Gasteiger partial charge in [0.2, 0.25) is 0 Å². The molecule has 104 valence electrons. The first-order valence-corrected chi connectivity index (χ1v) is 6.43. The Hall–Kier alpha value is -2.41. The van der Waals surface area contributed by atoms with Crippen LogP contribution in [0.25, 0.3) is 0 Å². The van der Waals surface area contributed by atoms with Gasteiger partial charge in [-0.25, -0.2) is 9.18 Å². The smallest absolute Gasteiger partial charge is 0.346 e. The molecule has 0 aliphatic carbocycles. The van der Waals surface area contributed by atoms with Crippen LogP contribution in [0.5, 0.6) is 5.75 Å². The number of rotatable bonds is 5. The monoisotopic (exact) mass is 295 g/mol. The summed E-state index contributed by atoms with van der Waals surface area (Å²) in [6.07, 6.45) is 0. The van der Waals surface area contributed by atoms with Gasteiger partial charge in [0, 0.05) is 11.4 Å². The van der Waals surface area contributed by atoms with Gasteiger partial charge in [0.1, 0.15) is 16.4 Å². The van der Waals surface area contributed by atoms with E-state index in [4.69, 9.17) is 9.84 Å². The van der Waals surface area contributed by atoms with Gasteiger partial charge in [-0.05, 0) is 12.1 Å². The van der Waals surface area contributed by atoms with Gasteiger partial charge in [0.15, 0.2) is 6.61 Å². The summed E-state index contributed by atoms with van der Waals surface area (Å²) < 4.78 is 18.4. The highest BCUT2D eigenvalue weighted by Gasteiger charge is 2.10. The third-order valence-electron chi connectivity index (χ3n) is 2.30. The average Bonchev–Trinajstić information content (AvgIpc) is 2.88. The minimum absolute atomic E-state index is 0.0673. The molecule has 0 spiro atoms. The highest BCUT2D eigenvalue weighted by atomic mass is 32.1. The maximum absolute atomic E-state index is 13.3. The fourth-order valence-corrected chi connectivity index (χ4v) is 2.07. The number of carbonyl (C=O) groups excluding carboxylic acids is 1. The number of nitrogens with one attached hydrogen (secondary N) is 1. The van der Waals surface area contributed by atoms with Gasteiger partial charge in [-0.2, -0.15) is 0 Å². The lowest BCUT2D eigenvalue weighted by Gasteiger charge is -2.06. The lowest BCUT2D eigenvalue weighted by Crippen LogP contribution is -2.20. The Labute approximate surface area is 117 Å². The van der Waals surface area contributed by atoms with Crippen LogP contribution in [0.15, 0.2) is 35.7 Å². The maximum Gasteiger partial charge on any atom is 0.346 e. The first-order valence-electron chi connectivity index (χ1n) is 5.55. The number of hydrogen-bond donors (Lipinski definition) is 2. The summed E-state index contributed by atoms with van der Waals surface area (Å²) in [4.78, 5) is 22.3. The van der Waals surface area contributed by atoms with Crippen LogP contribution in [0, 0.1) is 5.82 Å². The topological polar surface area (TPSA) is 75.6 Å². The molecule has 20 heavy (non-hydrogen) atoms. The van der Waals surface area contributed by atoms with Crippen molar-refractivity contribution in [1.29, 1.82) is 0 Å². The highest BCUT2D eigenvalue weighted by molar-refractivity contribution is 7.12. The fraction of sp³-hybridized carbons (Fsp3) is 0.0769. The number of hydrogen-bond acceptors (Lipinski definition) is 4. The standard InChI is InChI=1S/C13H10FNO4S/c14-9-3-1-2-4-10(9)15-12(16)6-19-8-5-11(13(17)18)20-7-8/h1-5,7H,6H2,(H,15,16)(H,17,18). The molecule has 0 saturated carbocycles. The molecule has 2 aromatic rings. The minimum atomic E-state index is -1.05. The van der Waals surface area contributed by atoms with Crippen LogP contribution in [0.4, 0.5) is 10.1 Å². The first kappa shape index (κ1) is 14.0. The first-order chi connectivity index (χ1) is 9.56. The van der Waals surface area contributed by atoms with E-state index in [1.54, 1.807) is 6.07 Å². The van der Waals surface area contributed by atoms with Crippen LogP contribution in [-0.4, -0.2) is 23.6 Å². The van der Waals surface area contributed by atoms with Crippen molar-refractivity contribution in [2.75, 3.05) is 11.9 Å². The van der Waals surface area contributed by atoms with E-state index in [2.05, 4.69) is 5.32 Å². The van der Waals surface area contributed by atoms with Gasteiger partial charge in [0.05, 0.1) is 5.69 Å². The molecule has 0 atom stereocenters. The van der Waals surface area contributed by atoms with Crippen LogP contribution in [-0.2, 0) is 4.79 Å². The van der Waals surface area contributed by atoms with Crippen molar-refractivity contribution in [3.8, 4) is 5.75 Å². The van der Waals surface area contributed by atoms with Crippen LogP contribution in [0.3, 0.4) is 0 Å². The van der Waals surface area contributed by atoms with Gasteiger partial charge >= 0.3 is 5.97 Å². The maximum atomic E-state index is 13.3. The second-order valence-corrected chi connectivity index (χ2v) is 4.68. The van der Waals surface area contributed by atoms with E-state index in [0.29, 0.717) is 0 Å². The molecule has 0 aliphatic rings. The fourth-order valence-electron chi connectivity index (χ4n) is 1.40. The predicted molar refractivity (Wildman–Crippen MR) is 71.8 cm³/mol. The van der Waals surface area contributed by atoms with Crippen LogP contribution >= 0.6 is 11.3 Å². The molecule has 0 aliphatic heterocycles. The summed E-state index contributed by atoms with van der Waals surface area (Å²) in [5, 5.41) is 12.6. The number of ether oxygens (including phenoxy) is 1. The Morgan fingerprint density at radius 1 is 1.35 bits per heavy atom. The molecular formula is C13H10FNO4S. The SMILES string of the molecule is O=C(COc1csc(C(=O)O)c1)Nc1ccccc1F. The third-order valence-corrected chi connectivity index (χ3v) is 3.20. The zero-order valence-corrected chi connectivity index (χ0v) is 10.9. The van der Waals surface area contributed by atoms with Gasteiger partial charge < -0.3 is 15.2 Å². The summed E-state index contributed by atoms with van der Waals surface area (Å²) in [7, 11) is 0. The van der Waals surface area contributed by atoms with Crippen molar-refractivity contribution < 1.29 is 23.8 Å². The minimum Gasteiger partial charge on any atom is -0.483 e. The largest absolute Gasteiger partial charge is 0.483 e. The Bertz CT molecular complexity index is 641. The van der Waals surface area contributed by atoms with Gasteiger partial charge in [-0.1, -0.05) is 12.1 Å². The highest BCUT2D eigenvalue weighted by Crippen LogP contribution is 2.21. The second-order valence-electron chi connectivity index (χ2n) is 3.77. The van der Waals surface area contributed by atoms with Crippen molar-refractivity contribution in [2.45, 2.75) is 0 Å². The Morgan fingerprint density at radius 2 is 2.10 bits per heavy atom. The van der Waals surface area contributed by atoms with Crippen LogP contribution < -0.4 is 10.1 Å². The summed E-state index contributed by atoms with van der Waals surface area (Å²) in [6.45, 7) is -0.329. The van der Waals surface area contributed by atoms with Crippen molar-refractivity contribution in [2.24, 2.45) is 0 Å². The number of anilines is 1. The summed E-state index contributed by atoms with van der Waals surface area (Å²) >= 11 is 0.999. The third kappa shape index (κ3) is 3.55. The number of thiophene rings is 1. The molecular weight excluding hydrogens is 285 g/mol. The second kappa shape index (κ2) is 6.16. The summed E-state index contributed by atoms with van der Waals surface area (Å²) in [6, 6.07) is 7.09.